The van der Waals surface area contributed by atoms with E-state index in [1.165, 1.54) is 0 Å². The van der Waals surface area contributed by atoms with Gasteiger partial charge in [-0.05, 0) is 42.5 Å². The predicted molar refractivity (Wildman–Crippen MR) is 94.8 cm³/mol. The maximum Gasteiger partial charge on any atom is 0.270 e. The number of halogens is 3. The summed E-state index contributed by atoms with van der Waals surface area (Å²) in [5.41, 5.74) is 2.81. The number of alkyl halides is 2. The number of hydrazine groups is 1. The van der Waals surface area contributed by atoms with Crippen molar-refractivity contribution in [2.24, 2.45) is 23.7 Å². The first-order chi connectivity index (χ1) is 11.4. The first-order valence-electron chi connectivity index (χ1n) is 7.62. The quantitative estimate of drug-likeness (QED) is 0.527. The maximum atomic E-state index is 12.7. The number of hydrogen-bond acceptors (Lipinski definition) is 3. The second-order valence-corrected chi connectivity index (χ2v) is 9.01. The van der Waals surface area contributed by atoms with Crippen LogP contribution in [0.3, 0.4) is 0 Å². The summed E-state index contributed by atoms with van der Waals surface area (Å²) in [6, 6.07) is 6.28. The van der Waals surface area contributed by atoms with Crippen molar-refractivity contribution in [3.8, 4) is 0 Å². The Labute approximate surface area is 160 Å². The number of rotatable bonds is 2. The zero-order valence-electron chi connectivity index (χ0n) is 12.3. The second kappa shape index (κ2) is 5.81. The minimum absolute atomic E-state index is 0.123. The van der Waals surface area contributed by atoms with Crippen molar-refractivity contribution >= 4 is 61.2 Å². The highest BCUT2D eigenvalue weighted by molar-refractivity contribution is 9.12. The van der Waals surface area contributed by atoms with Gasteiger partial charge < -0.3 is 0 Å². The van der Waals surface area contributed by atoms with E-state index in [4.69, 9.17) is 11.6 Å². The first kappa shape index (κ1) is 16.5. The molecule has 5 nitrogen and oxygen atoms in total. The van der Waals surface area contributed by atoms with Crippen molar-refractivity contribution in [1.82, 2.24) is 10.4 Å². The lowest BCUT2D eigenvalue weighted by molar-refractivity contribution is -0.143. The van der Waals surface area contributed by atoms with E-state index in [0.29, 0.717) is 10.6 Å². The molecule has 0 unspecified atom stereocenters. The smallest absolute Gasteiger partial charge is 0.270 e. The summed E-state index contributed by atoms with van der Waals surface area (Å²) in [6.45, 7) is 0. The molecule has 1 saturated heterocycles. The molecule has 1 heterocycles. The zero-order chi connectivity index (χ0) is 17.2. The molecule has 6 atom stereocenters. The maximum absolute atomic E-state index is 12.7. The van der Waals surface area contributed by atoms with Crippen LogP contribution >= 0.6 is 43.5 Å². The average Bonchev–Trinajstić information content (AvgIpc) is 3.16. The van der Waals surface area contributed by atoms with E-state index in [1.807, 2.05) is 0 Å². The Kier molecular flexibility index (Phi) is 4.01. The van der Waals surface area contributed by atoms with Crippen molar-refractivity contribution in [2.45, 2.75) is 16.1 Å². The van der Waals surface area contributed by atoms with Gasteiger partial charge in [0, 0.05) is 20.2 Å². The topological polar surface area (TPSA) is 66.5 Å². The molecule has 0 aromatic heterocycles. The normalized spacial score (nSPS) is 37.0. The first-order valence-corrected chi connectivity index (χ1v) is 9.83. The molecule has 3 aliphatic rings. The van der Waals surface area contributed by atoms with Gasteiger partial charge in [0.05, 0.1) is 11.8 Å². The van der Waals surface area contributed by atoms with Crippen LogP contribution in [0.4, 0.5) is 0 Å². The standard InChI is InChI=1S/C16H13Br2ClN2O3/c17-12-8-5-9(13(12)18)11-10(8)15(23)21(16(11)24)20-14(22)6-1-3-7(19)4-2-6/h1-4,8-13H,5H2,(H,20,22)/t8-,9-,10-,11+,12+,13+/m1/s1. The van der Waals surface area contributed by atoms with Crippen molar-refractivity contribution in [3.05, 3.63) is 34.9 Å². The summed E-state index contributed by atoms with van der Waals surface area (Å²) in [7, 11) is 0. The number of fused-ring (bicyclic) bond motifs is 5. The Morgan fingerprint density at radius 2 is 1.54 bits per heavy atom. The van der Waals surface area contributed by atoms with Gasteiger partial charge in [-0.3, -0.25) is 19.8 Å². The molecular weight excluding hydrogens is 463 g/mol. The van der Waals surface area contributed by atoms with Crippen LogP contribution in [0.5, 0.6) is 0 Å². The van der Waals surface area contributed by atoms with E-state index in [1.54, 1.807) is 24.3 Å². The highest BCUT2D eigenvalue weighted by Crippen LogP contribution is 2.59. The van der Waals surface area contributed by atoms with E-state index in [9.17, 15) is 14.4 Å². The molecular formula is C16H13Br2ClN2O3. The molecule has 1 aliphatic heterocycles. The SMILES string of the molecule is O=C(NN1C(=O)[C@@H]2[C@H]3C[C@@H]([C@H](Br)[C@H]3Br)[C@@H]2C1=O)c1ccc(Cl)cc1. The fraction of sp³-hybridized carbons (Fsp3) is 0.438. The van der Waals surface area contributed by atoms with Gasteiger partial charge in [0.15, 0.2) is 0 Å². The monoisotopic (exact) mass is 474 g/mol. The molecule has 8 heteroatoms. The van der Waals surface area contributed by atoms with E-state index < -0.39 is 5.91 Å². The van der Waals surface area contributed by atoms with Gasteiger partial charge in [-0.1, -0.05) is 43.5 Å². The lowest BCUT2D eigenvalue weighted by atomic mass is 9.81. The van der Waals surface area contributed by atoms with Gasteiger partial charge in [-0.25, -0.2) is 0 Å². The molecule has 4 rings (SSSR count). The summed E-state index contributed by atoms with van der Waals surface area (Å²) >= 11 is 13.1. The van der Waals surface area contributed by atoms with Gasteiger partial charge in [-0.15, -0.1) is 0 Å². The number of imide groups is 1. The summed E-state index contributed by atoms with van der Waals surface area (Å²) in [5, 5.41) is 1.42. The van der Waals surface area contributed by atoms with E-state index in [2.05, 4.69) is 37.3 Å². The van der Waals surface area contributed by atoms with Crippen LogP contribution in [0.1, 0.15) is 16.8 Å². The third kappa shape index (κ3) is 2.28. The lowest BCUT2D eigenvalue weighted by Crippen LogP contribution is -2.47. The Hall–Kier alpha value is -0.920. The van der Waals surface area contributed by atoms with Gasteiger partial charge >= 0.3 is 0 Å². The van der Waals surface area contributed by atoms with E-state index in [0.717, 1.165) is 11.4 Å². The average molecular weight is 477 g/mol. The largest absolute Gasteiger partial charge is 0.272 e. The van der Waals surface area contributed by atoms with Crippen LogP contribution in [0, 0.1) is 23.7 Å². The molecule has 2 bridgehead atoms. The zero-order valence-corrected chi connectivity index (χ0v) is 16.2. The number of nitrogens with zero attached hydrogens (tertiary/aromatic N) is 1. The number of carbonyl (C=O) groups is 3. The molecule has 0 spiro atoms. The van der Waals surface area contributed by atoms with Crippen molar-refractivity contribution in [2.75, 3.05) is 0 Å². The van der Waals surface area contributed by atoms with Crippen LogP contribution in [-0.4, -0.2) is 32.4 Å². The fourth-order valence-corrected chi connectivity index (χ4v) is 6.23. The van der Waals surface area contributed by atoms with Crippen molar-refractivity contribution < 1.29 is 14.4 Å². The molecule has 1 aromatic rings. The highest BCUT2D eigenvalue weighted by atomic mass is 79.9. The highest BCUT2D eigenvalue weighted by Gasteiger charge is 2.66. The minimum Gasteiger partial charge on any atom is -0.272 e. The third-order valence-corrected chi connectivity index (χ3v) is 8.77. The van der Waals surface area contributed by atoms with E-state index in [-0.39, 0.29) is 45.1 Å². The van der Waals surface area contributed by atoms with E-state index >= 15 is 0 Å². The number of benzene rings is 1. The molecule has 2 saturated carbocycles. The van der Waals surface area contributed by atoms with Gasteiger partial charge in [0.2, 0.25) is 0 Å². The van der Waals surface area contributed by atoms with Crippen LogP contribution < -0.4 is 5.43 Å². The molecule has 1 aromatic carbocycles. The molecule has 126 valence electrons. The van der Waals surface area contributed by atoms with Gasteiger partial charge in [-0.2, -0.15) is 5.01 Å². The summed E-state index contributed by atoms with van der Waals surface area (Å²) in [6.07, 6.45) is 0.859. The third-order valence-electron chi connectivity index (χ3n) is 5.31. The molecule has 2 aliphatic carbocycles. The molecule has 1 N–H and O–H groups in total. The van der Waals surface area contributed by atoms with Gasteiger partial charge in [0.25, 0.3) is 17.7 Å². The Morgan fingerprint density at radius 3 is 2.04 bits per heavy atom. The number of carbonyl (C=O) groups excluding carboxylic acids is 3. The Bertz CT molecular complexity index is 709. The van der Waals surface area contributed by atoms with Crippen LogP contribution in [-0.2, 0) is 9.59 Å². The number of nitrogens with one attached hydrogen (secondary N) is 1. The summed E-state index contributed by atoms with van der Waals surface area (Å²) in [5.74, 6) is -1.53. The number of hydrogen-bond donors (Lipinski definition) is 1. The predicted octanol–water partition coefficient (Wildman–Crippen LogP) is 2.76. The number of amides is 3. The Morgan fingerprint density at radius 1 is 1.04 bits per heavy atom. The van der Waals surface area contributed by atoms with Crippen molar-refractivity contribution in [1.29, 1.82) is 0 Å². The van der Waals surface area contributed by atoms with Gasteiger partial charge in [0.1, 0.15) is 0 Å². The molecule has 3 fully saturated rings. The summed E-state index contributed by atoms with van der Waals surface area (Å²) in [4.78, 5) is 38.0. The fourth-order valence-electron chi connectivity index (χ4n) is 4.23. The van der Waals surface area contributed by atoms with Crippen LogP contribution in [0.15, 0.2) is 24.3 Å². The van der Waals surface area contributed by atoms with Crippen LogP contribution in [0.25, 0.3) is 0 Å². The minimum atomic E-state index is -0.494. The Balaban J connectivity index is 1.55. The molecule has 3 amide bonds. The molecule has 0 radical (unpaired) electrons. The summed E-state index contributed by atoms with van der Waals surface area (Å²) < 4.78 is 0. The molecule has 24 heavy (non-hydrogen) atoms. The lowest BCUT2D eigenvalue weighted by Gasteiger charge is -2.28. The van der Waals surface area contributed by atoms with Crippen molar-refractivity contribution in [3.63, 3.8) is 0 Å². The second-order valence-electron chi connectivity index (χ2n) is 6.46. The van der Waals surface area contributed by atoms with Crippen LogP contribution in [0.2, 0.25) is 5.02 Å².